The van der Waals surface area contributed by atoms with Crippen molar-refractivity contribution in [3.8, 4) is 0 Å². The van der Waals surface area contributed by atoms with E-state index >= 15 is 0 Å². The maximum absolute atomic E-state index is 13.1. The van der Waals surface area contributed by atoms with E-state index in [1.165, 1.54) is 6.33 Å². The van der Waals surface area contributed by atoms with Gasteiger partial charge in [-0.3, -0.25) is 0 Å². The Kier molecular flexibility index (Phi) is 4.39. The summed E-state index contributed by atoms with van der Waals surface area (Å²) in [6.45, 7) is 0. The van der Waals surface area contributed by atoms with E-state index in [9.17, 15) is 13.2 Å². The summed E-state index contributed by atoms with van der Waals surface area (Å²) in [6, 6.07) is -0.340. The fourth-order valence-corrected chi connectivity index (χ4v) is 3.06. The molecule has 1 aromatic rings. The van der Waals surface area contributed by atoms with Crippen molar-refractivity contribution in [2.75, 3.05) is 7.05 Å². The molecule has 0 aliphatic heterocycles. The van der Waals surface area contributed by atoms with Crippen LogP contribution in [-0.2, 0) is 0 Å². The summed E-state index contributed by atoms with van der Waals surface area (Å²) in [5.41, 5.74) is 0.728. The minimum absolute atomic E-state index is 0.222. The summed E-state index contributed by atoms with van der Waals surface area (Å²) in [7, 11) is 1.69. The van der Waals surface area contributed by atoms with Gasteiger partial charge in [-0.2, -0.15) is 13.2 Å². The van der Waals surface area contributed by atoms with Gasteiger partial charge in [0, 0.05) is 24.0 Å². The molecule has 1 N–H and O–H groups in total. The van der Waals surface area contributed by atoms with Gasteiger partial charge in [0.25, 0.3) is 0 Å². The zero-order valence-corrected chi connectivity index (χ0v) is 10.8. The van der Waals surface area contributed by atoms with Crippen molar-refractivity contribution in [2.24, 2.45) is 11.8 Å². The number of rotatable bonds is 3. The van der Waals surface area contributed by atoms with E-state index in [2.05, 4.69) is 15.3 Å². The molecule has 1 saturated carbocycles. The topological polar surface area (TPSA) is 37.8 Å². The molecule has 6 heteroatoms. The van der Waals surface area contributed by atoms with Crippen LogP contribution >= 0.6 is 0 Å². The Morgan fingerprint density at radius 2 is 1.84 bits per heavy atom. The number of aromatic nitrogens is 2. The zero-order valence-electron chi connectivity index (χ0n) is 10.8. The Hall–Kier alpha value is -1.17. The molecule has 1 heterocycles. The quantitative estimate of drug-likeness (QED) is 0.919. The molecule has 1 aliphatic rings. The summed E-state index contributed by atoms with van der Waals surface area (Å²) >= 11 is 0. The molecule has 3 unspecified atom stereocenters. The van der Waals surface area contributed by atoms with Gasteiger partial charge in [0.1, 0.15) is 6.33 Å². The van der Waals surface area contributed by atoms with Crippen LogP contribution in [0.15, 0.2) is 18.7 Å². The first-order valence-corrected chi connectivity index (χ1v) is 6.53. The second-order valence-corrected chi connectivity index (χ2v) is 5.03. The number of halogens is 3. The predicted molar refractivity (Wildman–Crippen MR) is 65.3 cm³/mol. The smallest absolute Gasteiger partial charge is 0.313 e. The summed E-state index contributed by atoms with van der Waals surface area (Å²) in [5, 5.41) is 3.01. The summed E-state index contributed by atoms with van der Waals surface area (Å²) < 4.78 is 39.4. The molecular weight excluding hydrogens is 255 g/mol. The van der Waals surface area contributed by atoms with Crippen molar-refractivity contribution in [1.82, 2.24) is 15.3 Å². The maximum Gasteiger partial charge on any atom is 0.392 e. The third-order valence-corrected chi connectivity index (χ3v) is 3.92. The highest BCUT2D eigenvalue weighted by atomic mass is 19.4. The van der Waals surface area contributed by atoms with Crippen molar-refractivity contribution in [2.45, 2.75) is 37.9 Å². The van der Waals surface area contributed by atoms with E-state index < -0.39 is 18.0 Å². The standard InChI is InChI=1S/C13H18F3N3/c1-17-12(9-6-18-8-19-7-9)10-4-2-3-5-11(10)13(14,15)16/h6-8,10-12,17H,2-5H2,1H3. The van der Waals surface area contributed by atoms with Gasteiger partial charge < -0.3 is 5.32 Å². The summed E-state index contributed by atoms with van der Waals surface area (Å²) in [6.07, 6.45) is 2.76. The highest BCUT2D eigenvalue weighted by Gasteiger charge is 2.47. The molecular formula is C13H18F3N3. The van der Waals surface area contributed by atoms with Crippen molar-refractivity contribution in [1.29, 1.82) is 0 Å². The molecule has 3 atom stereocenters. The monoisotopic (exact) mass is 273 g/mol. The lowest BCUT2D eigenvalue weighted by molar-refractivity contribution is -0.199. The van der Waals surface area contributed by atoms with Gasteiger partial charge >= 0.3 is 6.18 Å². The van der Waals surface area contributed by atoms with Crippen LogP contribution in [0.3, 0.4) is 0 Å². The zero-order chi connectivity index (χ0) is 13.9. The van der Waals surface area contributed by atoms with Crippen molar-refractivity contribution in [3.63, 3.8) is 0 Å². The Labute approximate surface area is 110 Å². The minimum Gasteiger partial charge on any atom is -0.313 e. The molecule has 0 aromatic carbocycles. The maximum atomic E-state index is 13.1. The average Bonchev–Trinajstić information content (AvgIpc) is 2.40. The normalized spacial score (nSPS) is 26.1. The molecule has 0 radical (unpaired) electrons. The second kappa shape index (κ2) is 5.86. The second-order valence-electron chi connectivity index (χ2n) is 5.03. The molecule has 1 fully saturated rings. The first-order valence-electron chi connectivity index (χ1n) is 6.53. The van der Waals surface area contributed by atoms with Crippen LogP contribution in [-0.4, -0.2) is 23.2 Å². The van der Waals surface area contributed by atoms with Crippen LogP contribution in [0.4, 0.5) is 13.2 Å². The lowest BCUT2D eigenvalue weighted by Gasteiger charge is -2.38. The van der Waals surface area contributed by atoms with E-state index in [0.29, 0.717) is 12.8 Å². The van der Waals surface area contributed by atoms with Gasteiger partial charge in [0.2, 0.25) is 0 Å². The number of alkyl halides is 3. The Morgan fingerprint density at radius 3 is 2.42 bits per heavy atom. The molecule has 0 spiro atoms. The Balaban J connectivity index is 2.25. The van der Waals surface area contributed by atoms with Crippen LogP contribution < -0.4 is 5.32 Å². The Bertz CT molecular complexity index is 394. The number of nitrogens with one attached hydrogen (secondary N) is 1. The van der Waals surface area contributed by atoms with Crippen molar-refractivity contribution in [3.05, 3.63) is 24.3 Å². The molecule has 0 bridgehead atoms. The van der Waals surface area contributed by atoms with E-state index in [0.717, 1.165) is 12.0 Å². The lowest BCUT2D eigenvalue weighted by Crippen LogP contribution is -2.40. The molecule has 3 nitrogen and oxygen atoms in total. The fraction of sp³-hybridized carbons (Fsp3) is 0.692. The van der Waals surface area contributed by atoms with Gasteiger partial charge in [-0.1, -0.05) is 12.8 Å². The largest absolute Gasteiger partial charge is 0.392 e. The Morgan fingerprint density at radius 1 is 1.21 bits per heavy atom. The molecule has 106 valence electrons. The molecule has 1 aromatic heterocycles. The molecule has 0 amide bonds. The van der Waals surface area contributed by atoms with Crippen LogP contribution in [0.1, 0.15) is 37.3 Å². The molecule has 2 rings (SSSR count). The third kappa shape index (κ3) is 3.23. The highest BCUT2D eigenvalue weighted by molar-refractivity contribution is 5.12. The molecule has 19 heavy (non-hydrogen) atoms. The van der Waals surface area contributed by atoms with Gasteiger partial charge in [-0.25, -0.2) is 9.97 Å². The molecule has 0 saturated heterocycles. The van der Waals surface area contributed by atoms with E-state index in [4.69, 9.17) is 0 Å². The molecule has 1 aliphatic carbocycles. The van der Waals surface area contributed by atoms with Gasteiger partial charge in [-0.15, -0.1) is 0 Å². The average molecular weight is 273 g/mol. The number of hydrogen-bond acceptors (Lipinski definition) is 3. The summed E-state index contributed by atoms with van der Waals surface area (Å²) in [4.78, 5) is 7.81. The third-order valence-electron chi connectivity index (χ3n) is 3.92. The highest BCUT2D eigenvalue weighted by Crippen LogP contribution is 2.46. The van der Waals surface area contributed by atoms with Gasteiger partial charge in [-0.05, 0) is 25.8 Å². The van der Waals surface area contributed by atoms with E-state index in [1.54, 1.807) is 19.4 Å². The van der Waals surface area contributed by atoms with Gasteiger partial charge in [0.15, 0.2) is 0 Å². The van der Waals surface area contributed by atoms with Crippen LogP contribution in [0.5, 0.6) is 0 Å². The minimum atomic E-state index is -4.13. The van der Waals surface area contributed by atoms with E-state index in [-0.39, 0.29) is 12.5 Å². The van der Waals surface area contributed by atoms with Crippen molar-refractivity contribution >= 4 is 0 Å². The first kappa shape index (κ1) is 14.2. The van der Waals surface area contributed by atoms with Gasteiger partial charge in [0.05, 0.1) is 5.92 Å². The van der Waals surface area contributed by atoms with Crippen LogP contribution in [0.2, 0.25) is 0 Å². The fourth-order valence-electron chi connectivity index (χ4n) is 3.06. The first-order chi connectivity index (χ1) is 9.04. The van der Waals surface area contributed by atoms with E-state index in [1.807, 2.05) is 0 Å². The van der Waals surface area contributed by atoms with Crippen molar-refractivity contribution < 1.29 is 13.2 Å². The lowest BCUT2D eigenvalue weighted by atomic mass is 9.73. The number of hydrogen-bond donors (Lipinski definition) is 1. The number of nitrogens with zero attached hydrogens (tertiary/aromatic N) is 2. The predicted octanol–water partition coefficient (Wildman–Crippen LogP) is 3.11. The summed E-state index contributed by atoms with van der Waals surface area (Å²) in [5.74, 6) is -1.68. The van der Waals surface area contributed by atoms with Crippen LogP contribution in [0.25, 0.3) is 0 Å². The van der Waals surface area contributed by atoms with Crippen LogP contribution in [0, 0.1) is 11.8 Å². The SMILES string of the molecule is CNC(c1cncnc1)C1CCCCC1C(F)(F)F.